The third-order valence-electron chi connectivity index (χ3n) is 9.23. The minimum absolute atomic E-state index is 0.915. The Morgan fingerprint density at radius 1 is 0.286 bits per heavy atom. The number of furan rings is 1. The maximum atomic E-state index is 6.65. The quantitative estimate of drug-likeness (QED) is 0.175. The smallest absolute Gasteiger partial charge is 0.143 e. The molecule has 0 N–H and O–H groups in total. The fraction of sp³-hybridized carbons (Fsp3) is 0. The van der Waals surface area contributed by atoms with Crippen LogP contribution in [0, 0.1) is 0 Å². The van der Waals surface area contributed by atoms with Crippen LogP contribution in [0.4, 0.5) is 34.1 Å². The van der Waals surface area contributed by atoms with Gasteiger partial charge in [0.15, 0.2) is 0 Å². The lowest BCUT2D eigenvalue weighted by atomic mass is 10.0. The van der Waals surface area contributed by atoms with E-state index in [0.717, 1.165) is 72.6 Å². The summed E-state index contributed by atoms with van der Waals surface area (Å²) in [5, 5.41) is 4.59. The molecular formula is C46H32N2O. The lowest BCUT2D eigenvalue weighted by Gasteiger charge is -2.28. The van der Waals surface area contributed by atoms with Gasteiger partial charge >= 0.3 is 0 Å². The van der Waals surface area contributed by atoms with Crippen LogP contribution in [-0.4, -0.2) is 0 Å². The summed E-state index contributed by atoms with van der Waals surface area (Å²) in [4.78, 5) is 4.59. The minimum atomic E-state index is 0.915. The van der Waals surface area contributed by atoms with Gasteiger partial charge in [-0.25, -0.2) is 0 Å². The van der Waals surface area contributed by atoms with E-state index in [0.29, 0.717) is 0 Å². The van der Waals surface area contributed by atoms with Gasteiger partial charge in [0.1, 0.15) is 11.2 Å². The highest BCUT2D eigenvalue weighted by atomic mass is 16.3. The average Bonchev–Trinajstić information content (AvgIpc) is 3.57. The van der Waals surface area contributed by atoms with Gasteiger partial charge in [0, 0.05) is 55.8 Å². The summed E-state index contributed by atoms with van der Waals surface area (Å²) >= 11 is 0. The first-order chi connectivity index (χ1) is 24.3. The Bertz CT molecular complexity index is 2480. The molecule has 1 heterocycles. The number of anilines is 6. The normalized spacial score (nSPS) is 11.3. The van der Waals surface area contributed by atoms with E-state index < -0.39 is 0 Å². The summed E-state index contributed by atoms with van der Waals surface area (Å²) in [6.07, 6.45) is 0. The number of fused-ring (bicyclic) bond motifs is 5. The van der Waals surface area contributed by atoms with Gasteiger partial charge in [0.25, 0.3) is 0 Å². The van der Waals surface area contributed by atoms with Crippen molar-refractivity contribution >= 4 is 66.8 Å². The summed E-state index contributed by atoms with van der Waals surface area (Å²) in [6.45, 7) is 0. The van der Waals surface area contributed by atoms with Crippen molar-refractivity contribution in [3.8, 4) is 11.1 Å². The van der Waals surface area contributed by atoms with Crippen molar-refractivity contribution in [3.05, 3.63) is 194 Å². The Hall–Kier alpha value is -6.58. The van der Waals surface area contributed by atoms with Gasteiger partial charge in [-0.05, 0) is 89.8 Å². The molecule has 8 aromatic carbocycles. The average molecular weight is 629 g/mol. The van der Waals surface area contributed by atoms with Crippen LogP contribution >= 0.6 is 0 Å². The molecule has 0 spiro atoms. The van der Waals surface area contributed by atoms with Crippen molar-refractivity contribution < 1.29 is 4.42 Å². The van der Waals surface area contributed by atoms with Gasteiger partial charge in [-0.15, -0.1) is 0 Å². The van der Waals surface area contributed by atoms with Crippen LogP contribution in [0.25, 0.3) is 43.8 Å². The SMILES string of the molecule is c1ccc(N(c2ccccc2)c2ccc(N(c3ccccc3)c3ccc(-c4cccc5c4oc4c6ccccc6ccc54)cc3)cc2)cc1. The first-order valence-electron chi connectivity index (χ1n) is 16.6. The van der Waals surface area contributed by atoms with Gasteiger partial charge in [-0.1, -0.05) is 115 Å². The number of hydrogen-bond acceptors (Lipinski definition) is 3. The van der Waals surface area contributed by atoms with Gasteiger partial charge in [-0.3, -0.25) is 0 Å². The summed E-state index contributed by atoms with van der Waals surface area (Å²) in [7, 11) is 0. The van der Waals surface area contributed by atoms with E-state index in [2.05, 4.69) is 204 Å². The maximum Gasteiger partial charge on any atom is 0.143 e. The molecular weight excluding hydrogens is 597 g/mol. The van der Waals surface area contributed by atoms with Crippen molar-refractivity contribution in [2.75, 3.05) is 9.80 Å². The van der Waals surface area contributed by atoms with E-state index in [9.17, 15) is 0 Å². The van der Waals surface area contributed by atoms with E-state index >= 15 is 0 Å². The third kappa shape index (κ3) is 5.18. The second-order valence-corrected chi connectivity index (χ2v) is 12.2. The third-order valence-corrected chi connectivity index (χ3v) is 9.23. The molecule has 0 atom stereocenters. The number of benzene rings is 8. The molecule has 0 aliphatic carbocycles. The minimum Gasteiger partial charge on any atom is -0.455 e. The highest BCUT2D eigenvalue weighted by Crippen LogP contribution is 2.41. The summed E-state index contributed by atoms with van der Waals surface area (Å²) < 4.78 is 6.65. The van der Waals surface area contributed by atoms with Crippen molar-refractivity contribution in [2.24, 2.45) is 0 Å². The molecule has 3 heteroatoms. The van der Waals surface area contributed by atoms with E-state index in [1.54, 1.807) is 0 Å². The van der Waals surface area contributed by atoms with Gasteiger partial charge < -0.3 is 14.2 Å². The Morgan fingerprint density at radius 3 is 1.27 bits per heavy atom. The van der Waals surface area contributed by atoms with Crippen molar-refractivity contribution in [1.82, 2.24) is 0 Å². The molecule has 9 aromatic rings. The van der Waals surface area contributed by atoms with Gasteiger partial charge in [-0.2, -0.15) is 0 Å². The van der Waals surface area contributed by atoms with E-state index in [1.807, 2.05) is 0 Å². The molecule has 232 valence electrons. The zero-order valence-electron chi connectivity index (χ0n) is 26.8. The first kappa shape index (κ1) is 28.6. The van der Waals surface area contributed by atoms with Crippen LogP contribution in [0.2, 0.25) is 0 Å². The second-order valence-electron chi connectivity index (χ2n) is 12.2. The summed E-state index contributed by atoms with van der Waals surface area (Å²) in [5.41, 5.74) is 10.6. The summed E-state index contributed by atoms with van der Waals surface area (Å²) in [5.74, 6) is 0. The monoisotopic (exact) mass is 628 g/mol. The Balaban J connectivity index is 1.10. The first-order valence-corrected chi connectivity index (χ1v) is 16.6. The summed E-state index contributed by atoms with van der Waals surface area (Å²) in [6, 6.07) is 68.4. The topological polar surface area (TPSA) is 19.6 Å². The molecule has 0 aliphatic heterocycles. The highest BCUT2D eigenvalue weighted by molar-refractivity contribution is 6.17. The van der Waals surface area contributed by atoms with Gasteiger partial charge in [0.2, 0.25) is 0 Å². The molecule has 0 aliphatic rings. The molecule has 0 radical (unpaired) electrons. The van der Waals surface area contributed by atoms with Crippen LogP contribution in [0.15, 0.2) is 199 Å². The van der Waals surface area contributed by atoms with Crippen LogP contribution in [-0.2, 0) is 0 Å². The number of rotatable bonds is 7. The fourth-order valence-electron chi connectivity index (χ4n) is 6.92. The zero-order chi connectivity index (χ0) is 32.6. The van der Waals surface area contributed by atoms with Crippen LogP contribution < -0.4 is 9.80 Å². The van der Waals surface area contributed by atoms with E-state index in [-0.39, 0.29) is 0 Å². The zero-order valence-corrected chi connectivity index (χ0v) is 26.8. The van der Waals surface area contributed by atoms with Crippen molar-refractivity contribution in [1.29, 1.82) is 0 Å². The second kappa shape index (κ2) is 12.2. The molecule has 0 saturated carbocycles. The molecule has 0 saturated heterocycles. The Morgan fingerprint density at radius 2 is 0.714 bits per heavy atom. The molecule has 0 amide bonds. The maximum absolute atomic E-state index is 6.65. The standard InChI is InChI=1S/C46H32N2O/c1-4-14-35(15-5-1)47(36-16-6-2-7-17-36)39-28-30-40(31-29-39)48(37-18-8-3-9-19-37)38-26-23-34(24-27-38)42-21-12-22-43-44-32-25-33-13-10-11-20-41(33)46(44)49-45(42)43/h1-32H. The van der Waals surface area contributed by atoms with Gasteiger partial charge in [0.05, 0.1) is 0 Å². The number of hydrogen-bond donors (Lipinski definition) is 0. The molecule has 49 heavy (non-hydrogen) atoms. The van der Waals surface area contributed by atoms with Crippen molar-refractivity contribution in [2.45, 2.75) is 0 Å². The fourth-order valence-corrected chi connectivity index (χ4v) is 6.92. The van der Waals surface area contributed by atoms with Crippen molar-refractivity contribution in [3.63, 3.8) is 0 Å². The molecule has 0 unspecified atom stereocenters. The van der Waals surface area contributed by atoms with E-state index in [1.165, 1.54) is 5.39 Å². The Kier molecular flexibility index (Phi) is 7.14. The molecule has 9 rings (SSSR count). The van der Waals surface area contributed by atoms with E-state index in [4.69, 9.17) is 4.42 Å². The Labute approximate surface area is 285 Å². The molecule has 0 bridgehead atoms. The largest absolute Gasteiger partial charge is 0.455 e. The predicted molar refractivity (Wildman–Crippen MR) is 206 cm³/mol. The van der Waals surface area contributed by atoms with Crippen LogP contribution in [0.5, 0.6) is 0 Å². The van der Waals surface area contributed by atoms with Crippen LogP contribution in [0.3, 0.4) is 0 Å². The molecule has 0 fully saturated rings. The lowest BCUT2D eigenvalue weighted by molar-refractivity contribution is 0.674. The number of nitrogens with zero attached hydrogens (tertiary/aromatic N) is 2. The molecule has 3 nitrogen and oxygen atoms in total. The number of para-hydroxylation sites is 4. The highest BCUT2D eigenvalue weighted by Gasteiger charge is 2.17. The lowest BCUT2D eigenvalue weighted by Crippen LogP contribution is -2.12. The van der Waals surface area contributed by atoms with Crippen LogP contribution in [0.1, 0.15) is 0 Å². The molecule has 1 aromatic heterocycles. The predicted octanol–water partition coefficient (Wildman–Crippen LogP) is 13.3.